The molecule has 30 heavy (non-hydrogen) atoms. The lowest BCUT2D eigenvalue weighted by Gasteiger charge is -2.27. The van der Waals surface area contributed by atoms with Gasteiger partial charge in [0.25, 0.3) is 5.91 Å². The quantitative estimate of drug-likeness (QED) is 0.769. The highest BCUT2D eigenvalue weighted by Gasteiger charge is 2.30. The summed E-state index contributed by atoms with van der Waals surface area (Å²) in [6.07, 6.45) is 0.604. The fraction of sp³-hybridized carbons (Fsp3) is 0.350. The number of benzene rings is 2. The first-order chi connectivity index (χ1) is 14.4. The van der Waals surface area contributed by atoms with E-state index in [2.05, 4.69) is 5.32 Å². The second kappa shape index (κ2) is 8.62. The highest BCUT2D eigenvalue weighted by atomic mass is 32.2. The Kier molecular flexibility index (Phi) is 6.10. The molecular formula is C20H20F2N2O4S2. The predicted molar refractivity (Wildman–Crippen MR) is 108 cm³/mol. The summed E-state index contributed by atoms with van der Waals surface area (Å²) in [5.41, 5.74) is 0.710. The van der Waals surface area contributed by atoms with Crippen molar-refractivity contribution in [2.24, 2.45) is 0 Å². The van der Waals surface area contributed by atoms with Crippen LogP contribution in [0.4, 0.5) is 8.78 Å². The number of nitrogens with zero attached hydrogens (tertiary/aromatic N) is 1. The highest BCUT2D eigenvalue weighted by molar-refractivity contribution is 7.99. The number of rotatable bonds is 4. The van der Waals surface area contributed by atoms with E-state index in [0.717, 1.165) is 16.4 Å². The molecule has 2 aromatic carbocycles. The third-order valence-corrected chi connectivity index (χ3v) is 8.19. The predicted octanol–water partition coefficient (Wildman–Crippen LogP) is 2.95. The number of carbonyl (C=O) groups is 1. The van der Waals surface area contributed by atoms with Gasteiger partial charge < -0.3 is 10.1 Å². The number of morpholine rings is 1. The summed E-state index contributed by atoms with van der Waals surface area (Å²) in [4.78, 5) is 12.8. The molecule has 2 aromatic rings. The number of fused-ring (bicyclic) bond motifs is 1. The van der Waals surface area contributed by atoms with E-state index in [4.69, 9.17) is 4.74 Å². The molecule has 1 saturated heterocycles. The number of halogens is 2. The maximum atomic E-state index is 14.4. The van der Waals surface area contributed by atoms with Gasteiger partial charge in [-0.25, -0.2) is 17.2 Å². The Morgan fingerprint density at radius 1 is 1.13 bits per heavy atom. The topological polar surface area (TPSA) is 75.7 Å². The van der Waals surface area contributed by atoms with Crippen molar-refractivity contribution in [1.29, 1.82) is 0 Å². The number of thioether (sulfide) groups is 1. The Morgan fingerprint density at radius 3 is 2.67 bits per heavy atom. The van der Waals surface area contributed by atoms with Gasteiger partial charge in [-0.1, -0.05) is 12.1 Å². The fourth-order valence-corrected chi connectivity index (χ4v) is 6.19. The van der Waals surface area contributed by atoms with Crippen LogP contribution in [-0.2, 0) is 14.8 Å². The van der Waals surface area contributed by atoms with Crippen molar-refractivity contribution >= 4 is 27.7 Å². The molecule has 2 aliphatic rings. The molecule has 0 unspecified atom stereocenters. The van der Waals surface area contributed by atoms with E-state index in [0.29, 0.717) is 22.6 Å². The molecule has 2 heterocycles. The number of ether oxygens (including phenoxy) is 1. The standard InChI is InChI=1S/C20H20F2N2O4S2/c21-15-5-4-13(12-18(15)30(26,27)24-7-9-28-10-8-24)20(25)23-17-6-11-29-19-14(17)2-1-3-16(19)22/h1-5,12,17H,6-11H2,(H,23,25)/t17-/m0/s1. The Labute approximate surface area is 177 Å². The zero-order valence-corrected chi connectivity index (χ0v) is 17.6. The van der Waals surface area contributed by atoms with E-state index in [-0.39, 0.29) is 37.7 Å². The lowest BCUT2D eigenvalue weighted by atomic mass is 10.0. The minimum Gasteiger partial charge on any atom is -0.379 e. The first-order valence-corrected chi connectivity index (χ1v) is 11.9. The van der Waals surface area contributed by atoms with Crippen molar-refractivity contribution in [2.75, 3.05) is 32.1 Å². The minimum atomic E-state index is -4.09. The SMILES string of the molecule is O=C(N[C@H]1CCSc2c(F)cccc21)c1ccc(F)c(S(=O)(=O)N2CCOCC2)c1. The monoisotopic (exact) mass is 454 g/mol. The van der Waals surface area contributed by atoms with Gasteiger partial charge in [0.15, 0.2) is 0 Å². The number of hydrogen-bond donors (Lipinski definition) is 1. The third-order valence-electron chi connectivity index (χ3n) is 5.11. The van der Waals surface area contributed by atoms with Crippen LogP contribution in [0.15, 0.2) is 46.2 Å². The van der Waals surface area contributed by atoms with E-state index < -0.39 is 32.7 Å². The normalized spacial score (nSPS) is 19.9. The van der Waals surface area contributed by atoms with Gasteiger partial charge in [0.1, 0.15) is 16.5 Å². The largest absolute Gasteiger partial charge is 0.379 e. The van der Waals surface area contributed by atoms with Crippen molar-refractivity contribution in [3.63, 3.8) is 0 Å². The summed E-state index contributed by atoms with van der Waals surface area (Å²) < 4.78 is 60.4. The number of sulfonamides is 1. The van der Waals surface area contributed by atoms with Gasteiger partial charge in [0.05, 0.1) is 19.3 Å². The zero-order chi connectivity index (χ0) is 21.3. The molecule has 0 radical (unpaired) electrons. The van der Waals surface area contributed by atoms with Gasteiger partial charge in [-0.15, -0.1) is 11.8 Å². The molecule has 1 N–H and O–H groups in total. The lowest BCUT2D eigenvalue weighted by molar-refractivity contribution is 0.0729. The lowest BCUT2D eigenvalue weighted by Crippen LogP contribution is -2.41. The molecule has 160 valence electrons. The van der Waals surface area contributed by atoms with Crippen molar-refractivity contribution in [1.82, 2.24) is 9.62 Å². The maximum Gasteiger partial charge on any atom is 0.251 e. The van der Waals surface area contributed by atoms with Gasteiger partial charge in [-0.05, 0) is 36.2 Å². The maximum absolute atomic E-state index is 14.4. The molecule has 0 saturated carbocycles. The Morgan fingerprint density at radius 2 is 1.90 bits per heavy atom. The van der Waals surface area contributed by atoms with Crippen LogP contribution in [-0.4, -0.2) is 50.7 Å². The molecular weight excluding hydrogens is 434 g/mol. The summed E-state index contributed by atoms with van der Waals surface area (Å²) in [6, 6.07) is 7.59. The number of hydrogen-bond acceptors (Lipinski definition) is 5. The molecule has 4 rings (SSSR count). The average Bonchev–Trinajstić information content (AvgIpc) is 2.75. The number of nitrogens with one attached hydrogen (secondary N) is 1. The van der Waals surface area contributed by atoms with Crippen LogP contribution in [0.25, 0.3) is 0 Å². The second-order valence-corrected chi connectivity index (χ2v) is 9.99. The number of carbonyl (C=O) groups excluding carboxylic acids is 1. The molecule has 1 atom stereocenters. The summed E-state index contributed by atoms with van der Waals surface area (Å²) >= 11 is 1.39. The van der Waals surface area contributed by atoms with Gasteiger partial charge >= 0.3 is 0 Å². The Balaban J connectivity index is 1.59. The summed E-state index contributed by atoms with van der Waals surface area (Å²) in [5, 5.41) is 2.83. The summed E-state index contributed by atoms with van der Waals surface area (Å²) in [6.45, 7) is 0.716. The van der Waals surface area contributed by atoms with Crippen LogP contribution in [0, 0.1) is 11.6 Å². The van der Waals surface area contributed by atoms with Crippen LogP contribution in [0.5, 0.6) is 0 Å². The smallest absolute Gasteiger partial charge is 0.251 e. The average molecular weight is 455 g/mol. The Hall–Kier alpha value is -2.01. The van der Waals surface area contributed by atoms with Gasteiger partial charge in [-0.2, -0.15) is 4.31 Å². The van der Waals surface area contributed by atoms with Crippen LogP contribution >= 0.6 is 11.8 Å². The molecule has 2 aliphatic heterocycles. The third kappa shape index (κ3) is 4.09. The molecule has 0 aromatic heterocycles. The van der Waals surface area contributed by atoms with E-state index in [9.17, 15) is 22.0 Å². The fourth-order valence-electron chi connectivity index (χ4n) is 3.55. The molecule has 0 aliphatic carbocycles. The number of amides is 1. The van der Waals surface area contributed by atoms with Gasteiger partial charge in [0.2, 0.25) is 10.0 Å². The molecule has 0 spiro atoms. The van der Waals surface area contributed by atoms with Crippen molar-refractivity contribution in [2.45, 2.75) is 22.3 Å². The van der Waals surface area contributed by atoms with Gasteiger partial charge in [0, 0.05) is 29.3 Å². The molecule has 0 bridgehead atoms. The first kappa shape index (κ1) is 21.2. The minimum absolute atomic E-state index is 0.0272. The van der Waals surface area contributed by atoms with Crippen LogP contribution in [0.1, 0.15) is 28.4 Å². The van der Waals surface area contributed by atoms with Crippen molar-refractivity contribution < 1.29 is 26.7 Å². The zero-order valence-electron chi connectivity index (χ0n) is 15.9. The Bertz CT molecular complexity index is 1070. The summed E-state index contributed by atoms with van der Waals surface area (Å²) in [7, 11) is -4.09. The first-order valence-electron chi connectivity index (χ1n) is 9.47. The van der Waals surface area contributed by atoms with Crippen molar-refractivity contribution in [3.8, 4) is 0 Å². The highest BCUT2D eigenvalue weighted by Crippen LogP contribution is 2.37. The van der Waals surface area contributed by atoms with E-state index >= 15 is 0 Å². The molecule has 1 fully saturated rings. The van der Waals surface area contributed by atoms with E-state index in [1.165, 1.54) is 23.9 Å². The summed E-state index contributed by atoms with van der Waals surface area (Å²) in [5.74, 6) is -1.16. The van der Waals surface area contributed by atoms with Crippen LogP contribution in [0.2, 0.25) is 0 Å². The molecule has 10 heteroatoms. The van der Waals surface area contributed by atoms with Crippen LogP contribution in [0.3, 0.4) is 0 Å². The van der Waals surface area contributed by atoms with E-state index in [1.807, 2.05) is 0 Å². The molecule has 1 amide bonds. The molecule has 6 nitrogen and oxygen atoms in total. The van der Waals surface area contributed by atoms with Crippen LogP contribution < -0.4 is 5.32 Å². The van der Waals surface area contributed by atoms with Crippen molar-refractivity contribution in [3.05, 3.63) is 59.2 Å². The second-order valence-electron chi connectivity index (χ2n) is 6.98. The van der Waals surface area contributed by atoms with Gasteiger partial charge in [-0.3, -0.25) is 4.79 Å². The van der Waals surface area contributed by atoms with E-state index in [1.54, 1.807) is 12.1 Å².